The van der Waals surface area contributed by atoms with Crippen molar-refractivity contribution in [3.8, 4) is 0 Å². The molecule has 9 heteroatoms. The third-order valence-corrected chi connectivity index (χ3v) is 4.25. The summed E-state index contributed by atoms with van der Waals surface area (Å²) in [5.41, 5.74) is 0.605. The topological polar surface area (TPSA) is 83.5 Å². The number of benzene rings is 1. The Morgan fingerprint density at radius 3 is 2.32 bits per heavy atom. The van der Waals surface area contributed by atoms with E-state index >= 15 is 0 Å². The van der Waals surface area contributed by atoms with Gasteiger partial charge in [-0.2, -0.15) is 13.2 Å². The molecule has 1 aromatic rings. The monoisotopic (exact) mass is 339 g/mol. The van der Waals surface area contributed by atoms with Crippen LogP contribution >= 0.6 is 0 Å². The van der Waals surface area contributed by atoms with Gasteiger partial charge in [0.1, 0.15) is 6.04 Å². The van der Waals surface area contributed by atoms with E-state index in [0.717, 1.165) is 0 Å². The summed E-state index contributed by atoms with van der Waals surface area (Å²) in [6.07, 6.45) is -6.37. The summed E-state index contributed by atoms with van der Waals surface area (Å²) in [6, 6.07) is 6.92. The highest BCUT2D eigenvalue weighted by atomic mass is 32.2. The van der Waals surface area contributed by atoms with Crippen LogP contribution < -0.4 is 4.72 Å². The van der Waals surface area contributed by atoms with E-state index in [1.54, 1.807) is 30.3 Å². The summed E-state index contributed by atoms with van der Waals surface area (Å²) < 4.78 is 61.3. The van der Waals surface area contributed by atoms with E-state index < -0.39 is 46.8 Å². The second-order valence-corrected chi connectivity index (χ2v) is 6.61. The van der Waals surface area contributed by atoms with Crippen molar-refractivity contribution in [1.29, 1.82) is 0 Å². The van der Waals surface area contributed by atoms with Gasteiger partial charge in [0.25, 0.3) is 0 Å². The highest BCUT2D eigenvalue weighted by molar-refractivity contribution is 7.89. The first-order valence-electron chi connectivity index (χ1n) is 6.42. The number of halogens is 3. The van der Waals surface area contributed by atoms with Gasteiger partial charge in [-0.15, -0.1) is 0 Å². The normalized spacial score (nSPS) is 13.8. The fourth-order valence-electron chi connectivity index (χ4n) is 1.77. The summed E-state index contributed by atoms with van der Waals surface area (Å²) in [5.74, 6) is -2.16. The predicted octanol–water partition coefficient (Wildman–Crippen LogP) is 1.94. The fraction of sp³-hybridized carbons (Fsp3) is 0.462. The van der Waals surface area contributed by atoms with Gasteiger partial charge >= 0.3 is 12.1 Å². The molecule has 0 heterocycles. The molecule has 1 aromatic carbocycles. The molecular weight excluding hydrogens is 323 g/mol. The van der Waals surface area contributed by atoms with Gasteiger partial charge in [-0.3, -0.25) is 4.79 Å². The van der Waals surface area contributed by atoms with E-state index in [1.807, 2.05) is 4.72 Å². The maximum absolute atomic E-state index is 12.0. The SMILES string of the molecule is O=C(O)[C@H](Cc1ccccc1)NS(=O)(=O)CCCC(F)(F)F. The quantitative estimate of drug-likeness (QED) is 0.758. The Morgan fingerprint density at radius 2 is 1.82 bits per heavy atom. The molecule has 22 heavy (non-hydrogen) atoms. The molecule has 0 amide bonds. The molecule has 0 spiro atoms. The van der Waals surface area contributed by atoms with Crippen molar-refractivity contribution in [3.63, 3.8) is 0 Å². The average molecular weight is 339 g/mol. The van der Waals surface area contributed by atoms with Crippen molar-refractivity contribution in [3.05, 3.63) is 35.9 Å². The minimum Gasteiger partial charge on any atom is -0.480 e. The van der Waals surface area contributed by atoms with E-state index in [0.29, 0.717) is 5.56 Å². The molecule has 0 bridgehead atoms. The van der Waals surface area contributed by atoms with E-state index in [9.17, 15) is 26.4 Å². The zero-order valence-electron chi connectivity index (χ0n) is 11.5. The number of carboxylic acid groups (broad SMARTS) is 1. The first kappa shape index (κ1) is 18.4. The number of aliphatic carboxylic acids is 1. The number of alkyl halides is 3. The van der Waals surface area contributed by atoms with Gasteiger partial charge in [0.2, 0.25) is 10.0 Å². The summed E-state index contributed by atoms with van der Waals surface area (Å²) in [4.78, 5) is 11.1. The molecule has 0 aliphatic carbocycles. The van der Waals surface area contributed by atoms with Crippen molar-refractivity contribution >= 4 is 16.0 Å². The first-order chi connectivity index (χ1) is 10.1. The third kappa shape index (κ3) is 7.41. The Kier molecular flexibility index (Phi) is 6.36. The molecule has 0 aromatic heterocycles. The molecule has 0 aliphatic rings. The molecule has 1 rings (SSSR count). The van der Waals surface area contributed by atoms with Crippen LogP contribution in [0.25, 0.3) is 0 Å². The molecular formula is C13H16F3NO4S. The molecule has 0 saturated carbocycles. The number of hydrogen-bond acceptors (Lipinski definition) is 3. The molecule has 0 saturated heterocycles. The van der Waals surface area contributed by atoms with E-state index in [4.69, 9.17) is 5.11 Å². The fourth-order valence-corrected chi connectivity index (χ4v) is 3.03. The van der Waals surface area contributed by atoms with Gasteiger partial charge in [0.05, 0.1) is 5.75 Å². The summed E-state index contributed by atoms with van der Waals surface area (Å²) >= 11 is 0. The largest absolute Gasteiger partial charge is 0.480 e. The minimum absolute atomic E-state index is 0.0886. The Hall–Kier alpha value is -1.61. The third-order valence-electron chi connectivity index (χ3n) is 2.78. The lowest BCUT2D eigenvalue weighted by Gasteiger charge is -2.15. The van der Waals surface area contributed by atoms with Crippen molar-refractivity contribution in [2.75, 3.05) is 5.75 Å². The number of sulfonamides is 1. The molecule has 2 N–H and O–H groups in total. The summed E-state index contributed by atoms with van der Waals surface area (Å²) in [6.45, 7) is 0. The highest BCUT2D eigenvalue weighted by Crippen LogP contribution is 2.21. The number of nitrogens with one attached hydrogen (secondary N) is 1. The van der Waals surface area contributed by atoms with Crippen molar-refractivity contribution in [1.82, 2.24) is 4.72 Å². The van der Waals surface area contributed by atoms with Crippen LogP contribution in [0.3, 0.4) is 0 Å². The maximum atomic E-state index is 12.0. The average Bonchev–Trinajstić information content (AvgIpc) is 2.37. The Balaban J connectivity index is 2.64. The van der Waals surface area contributed by atoms with Gasteiger partial charge in [0.15, 0.2) is 0 Å². The molecule has 5 nitrogen and oxygen atoms in total. The smallest absolute Gasteiger partial charge is 0.389 e. The standard InChI is InChI=1S/C13H16F3NO4S/c14-13(15,16)7-4-8-22(20,21)17-11(12(18)19)9-10-5-2-1-3-6-10/h1-3,5-6,11,17H,4,7-9H2,(H,18,19)/t11-/m0/s1. The molecule has 0 fully saturated rings. The van der Waals surface area contributed by atoms with Gasteiger partial charge in [-0.05, 0) is 18.4 Å². The van der Waals surface area contributed by atoms with Crippen LogP contribution in [0.1, 0.15) is 18.4 Å². The molecule has 124 valence electrons. The van der Waals surface area contributed by atoms with Crippen LogP contribution in [-0.2, 0) is 21.2 Å². The van der Waals surface area contributed by atoms with Crippen molar-refractivity contribution in [2.45, 2.75) is 31.5 Å². The maximum Gasteiger partial charge on any atom is 0.389 e. The molecule has 0 unspecified atom stereocenters. The number of hydrogen-bond donors (Lipinski definition) is 2. The predicted molar refractivity (Wildman–Crippen MR) is 73.8 cm³/mol. The second-order valence-electron chi connectivity index (χ2n) is 4.74. The zero-order valence-corrected chi connectivity index (χ0v) is 12.3. The van der Waals surface area contributed by atoms with Gasteiger partial charge in [0, 0.05) is 6.42 Å². The highest BCUT2D eigenvalue weighted by Gasteiger charge is 2.29. The zero-order chi connectivity index (χ0) is 16.8. The van der Waals surface area contributed by atoms with E-state index in [2.05, 4.69) is 0 Å². The lowest BCUT2D eigenvalue weighted by atomic mass is 10.1. The number of carbonyl (C=O) groups is 1. The van der Waals surface area contributed by atoms with Crippen LogP contribution in [0.4, 0.5) is 13.2 Å². The Labute approximate surface area is 126 Å². The van der Waals surface area contributed by atoms with Crippen LogP contribution in [0.5, 0.6) is 0 Å². The molecule has 1 atom stereocenters. The number of carboxylic acids is 1. The lowest BCUT2D eigenvalue weighted by molar-refractivity contribution is -0.139. The van der Waals surface area contributed by atoms with E-state index in [1.165, 1.54) is 0 Å². The Bertz CT molecular complexity index is 587. The molecule has 0 radical (unpaired) electrons. The summed E-state index contributed by atoms with van der Waals surface area (Å²) in [5, 5.41) is 9.05. The molecule has 0 aliphatic heterocycles. The van der Waals surface area contributed by atoms with Crippen LogP contribution in [0.15, 0.2) is 30.3 Å². The van der Waals surface area contributed by atoms with Crippen LogP contribution in [0.2, 0.25) is 0 Å². The summed E-state index contributed by atoms with van der Waals surface area (Å²) in [7, 11) is -4.10. The lowest BCUT2D eigenvalue weighted by Crippen LogP contribution is -2.43. The second kappa shape index (κ2) is 7.59. The number of rotatable bonds is 8. The van der Waals surface area contributed by atoms with Gasteiger partial charge in [-0.25, -0.2) is 13.1 Å². The van der Waals surface area contributed by atoms with Crippen molar-refractivity contribution in [2.24, 2.45) is 0 Å². The van der Waals surface area contributed by atoms with Gasteiger partial charge in [-0.1, -0.05) is 30.3 Å². The van der Waals surface area contributed by atoms with Crippen molar-refractivity contribution < 1.29 is 31.5 Å². The Morgan fingerprint density at radius 1 is 1.23 bits per heavy atom. The van der Waals surface area contributed by atoms with Crippen LogP contribution in [0, 0.1) is 0 Å². The van der Waals surface area contributed by atoms with Gasteiger partial charge < -0.3 is 5.11 Å². The van der Waals surface area contributed by atoms with Crippen LogP contribution in [-0.4, -0.2) is 37.5 Å². The first-order valence-corrected chi connectivity index (χ1v) is 8.08. The minimum atomic E-state index is -4.44. The van der Waals surface area contributed by atoms with E-state index in [-0.39, 0.29) is 6.42 Å².